The number of rotatable bonds is 3. The van der Waals surface area contributed by atoms with E-state index in [4.69, 9.17) is 4.74 Å². The Hall–Kier alpha value is -1.14. The minimum absolute atomic E-state index is 0.0504. The molecule has 2 aliphatic heterocycles. The lowest BCUT2D eigenvalue weighted by Crippen LogP contribution is -2.52. The third-order valence-corrected chi connectivity index (χ3v) is 3.73. The highest BCUT2D eigenvalue weighted by molar-refractivity contribution is 5.82. The molecule has 2 aliphatic rings. The van der Waals surface area contributed by atoms with Crippen molar-refractivity contribution in [3.8, 4) is 0 Å². The molecule has 6 nitrogen and oxygen atoms in total. The van der Waals surface area contributed by atoms with Crippen LogP contribution in [0.1, 0.15) is 19.8 Å². The lowest BCUT2D eigenvalue weighted by atomic mass is 9.95. The second kappa shape index (κ2) is 6.86. The van der Waals surface area contributed by atoms with Gasteiger partial charge in [-0.1, -0.05) is 0 Å². The van der Waals surface area contributed by atoms with Crippen LogP contribution in [0.2, 0.25) is 0 Å². The first-order chi connectivity index (χ1) is 9.22. The van der Waals surface area contributed by atoms with Crippen LogP contribution in [-0.4, -0.2) is 62.1 Å². The summed E-state index contributed by atoms with van der Waals surface area (Å²) in [5.41, 5.74) is 0. The summed E-state index contributed by atoms with van der Waals surface area (Å²) in [5, 5.41) is 6.01. The number of nitrogens with zero attached hydrogens (tertiary/aromatic N) is 1. The van der Waals surface area contributed by atoms with Crippen molar-refractivity contribution < 1.29 is 14.3 Å². The van der Waals surface area contributed by atoms with Crippen molar-refractivity contribution >= 4 is 11.8 Å². The molecule has 19 heavy (non-hydrogen) atoms. The standard InChI is InChI=1S/C13H23N3O3/c1-2-15-12(17)10-3-6-16(7-4-10)13(18)11-9-14-5-8-19-11/h10-11,14H,2-9H2,1H3,(H,15,17). The van der Waals surface area contributed by atoms with Crippen LogP contribution in [0, 0.1) is 5.92 Å². The molecule has 0 saturated carbocycles. The molecular weight excluding hydrogens is 246 g/mol. The van der Waals surface area contributed by atoms with E-state index in [-0.39, 0.29) is 23.8 Å². The molecule has 2 heterocycles. The maximum Gasteiger partial charge on any atom is 0.253 e. The van der Waals surface area contributed by atoms with Gasteiger partial charge in [-0.2, -0.15) is 0 Å². The van der Waals surface area contributed by atoms with E-state index in [2.05, 4.69) is 10.6 Å². The number of morpholine rings is 1. The summed E-state index contributed by atoms with van der Waals surface area (Å²) in [4.78, 5) is 25.8. The van der Waals surface area contributed by atoms with Crippen molar-refractivity contribution in [3.63, 3.8) is 0 Å². The van der Waals surface area contributed by atoms with Gasteiger partial charge >= 0.3 is 0 Å². The largest absolute Gasteiger partial charge is 0.366 e. The van der Waals surface area contributed by atoms with Crippen LogP contribution in [0.4, 0.5) is 0 Å². The van der Waals surface area contributed by atoms with E-state index < -0.39 is 0 Å². The molecule has 6 heteroatoms. The molecule has 0 radical (unpaired) electrons. The third-order valence-electron chi connectivity index (χ3n) is 3.73. The lowest BCUT2D eigenvalue weighted by Gasteiger charge is -2.34. The van der Waals surface area contributed by atoms with Crippen LogP contribution in [0.25, 0.3) is 0 Å². The molecule has 1 unspecified atom stereocenters. The Labute approximate surface area is 113 Å². The fourth-order valence-electron chi connectivity index (χ4n) is 2.61. The van der Waals surface area contributed by atoms with Crippen LogP contribution in [-0.2, 0) is 14.3 Å². The van der Waals surface area contributed by atoms with Crippen molar-refractivity contribution in [2.75, 3.05) is 39.3 Å². The smallest absolute Gasteiger partial charge is 0.253 e. The SMILES string of the molecule is CCNC(=O)C1CCN(C(=O)C2CNCCO2)CC1. The van der Waals surface area contributed by atoms with E-state index in [0.717, 1.165) is 19.4 Å². The fraction of sp³-hybridized carbons (Fsp3) is 0.846. The summed E-state index contributed by atoms with van der Waals surface area (Å²) in [7, 11) is 0. The van der Waals surface area contributed by atoms with E-state index in [9.17, 15) is 9.59 Å². The zero-order valence-electron chi connectivity index (χ0n) is 11.5. The summed E-state index contributed by atoms with van der Waals surface area (Å²) in [5.74, 6) is 0.223. The van der Waals surface area contributed by atoms with Gasteiger partial charge in [0.25, 0.3) is 5.91 Å². The highest BCUT2D eigenvalue weighted by Crippen LogP contribution is 2.18. The van der Waals surface area contributed by atoms with Crippen LogP contribution in [0.15, 0.2) is 0 Å². The molecule has 2 rings (SSSR count). The van der Waals surface area contributed by atoms with Gasteiger partial charge in [0, 0.05) is 38.6 Å². The number of carbonyl (C=O) groups is 2. The van der Waals surface area contributed by atoms with Crippen LogP contribution < -0.4 is 10.6 Å². The number of amides is 2. The van der Waals surface area contributed by atoms with Gasteiger partial charge < -0.3 is 20.3 Å². The van der Waals surface area contributed by atoms with E-state index in [0.29, 0.717) is 32.8 Å². The van der Waals surface area contributed by atoms with E-state index in [1.165, 1.54) is 0 Å². The molecule has 0 aromatic heterocycles. The van der Waals surface area contributed by atoms with Crippen molar-refractivity contribution in [1.29, 1.82) is 0 Å². The number of likely N-dealkylation sites (tertiary alicyclic amines) is 1. The first-order valence-corrected chi connectivity index (χ1v) is 7.11. The quantitative estimate of drug-likeness (QED) is 0.714. The Bertz CT molecular complexity index is 321. The molecule has 1 atom stereocenters. The molecule has 0 bridgehead atoms. The molecule has 2 fully saturated rings. The topological polar surface area (TPSA) is 70.7 Å². The van der Waals surface area contributed by atoms with Crippen molar-refractivity contribution in [1.82, 2.24) is 15.5 Å². The normalized spacial score (nSPS) is 25.1. The van der Waals surface area contributed by atoms with E-state index in [1.54, 1.807) is 0 Å². The van der Waals surface area contributed by atoms with Gasteiger partial charge in [0.2, 0.25) is 5.91 Å². The van der Waals surface area contributed by atoms with Crippen molar-refractivity contribution in [2.45, 2.75) is 25.9 Å². The number of piperidine rings is 1. The molecule has 2 amide bonds. The number of ether oxygens (including phenoxy) is 1. The Morgan fingerprint density at radius 2 is 2.11 bits per heavy atom. The third kappa shape index (κ3) is 3.67. The van der Waals surface area contributed by atoms with Gasteiger partial charge in [-0.25, -0.2) is 0 Å². The maximum absolute atomic E-state index is 12.2. The minimum atomic E-state index is -0.352. The number of hydrogen-bond acceptors (Lipinski definition) is 4. The molecule has 108 valence electrons. The Balaban J connectivity index is 1.79. The Morgan fingerprint density at radius 3 is 2.68 bits per heavy atom. The van der Waals surface area contributed by atoms with Crippen LogP contribution >= 0.6 is 0 Å². The molecule has 0 spiro atoms. The molecule has 0 aromatic rings. The van der Waals surface area contributed by atoms with Crippen molar-refractivity contribution in [2.24, 2.45) is 5.92 Å². The van der Waals surface area contributed by atoms with E-state index >= 15 is 0 Å². The van der Waals surface area contributed by atoms with Crippen LogP contribution in [0.3, 0.4) is 0 Å². The second-order valence-electron chi connectivity index (χ2n) is 5.06. The fourth-order valence-corrected chi connectivity index (χ4v) is 2.61. The van der Waals surface area contributed by atoms with Gasteiger partial charge in [-0.05, 0) is 19.8 Å². The summed E-state index contributed by atoms with van der Waals surface area (Å²) >= 11 is 0. The van der Waals surface area contributed by atoms with Crippen LogP contribution in [0.5, 0.6) is 0 Å². The number of carbonyl (C=O) groups excluding carboxylic acids is 2. The number of hydrogen-bond donors (Lipinski definition) is 2. The molecule has 0 aliphatic carbocycles. The number of nitrogens with one attached hydrogen (secondary N) is 2. The van der Waals surface area contributed by atoms with Gasteiger partial charge in [-0.15, -0.1) is 0 Å². The Morgan fingerprint density at radius 1 is 1.37 bits per heavy atom. The van der Waals surface area contributed by atoms with Crippen molar-refractivity contribution in [3.05, 3.63) is 0 Å². The van der Waals surface area contributed by atoms with Gasteiger partial charge in [0.1, 0.15) is 6.10 Å². The molecule has 2 saturated heterocycles. The van der Waals surface area contributed by atoms with Gasteiger partial charge in [0.05, 0.1) is 6.61 Å². The summed E-state index contributed by atoms with van der Waals surface area (Å²) in [6.07, 6.45) is 1.14. The lowest BCUT2D eigenvalue weighted by molar-refractivity contribution is -0.147. The zero-order valence-corrected chi connectivity index (χ0v) is 11.5. The monoisotopic (exact) mass is 269 g/mol. The average molecular weight is 269 g/mol. The highest BCUT2D eigenvalue weighted by Gasteiger charge is 2.31. The minimum Gasteiger partial charge on any atom is -0.366 e. The van der Waals surface area contributed by atoms with E-state index in [1.807, 2.05) is 11.8 Å². The second-order valence-corrected chi connectivity index (χ2v) is 5.06. The molecule has 2 N–H and O–H groups in total. The van der Waals surface area contributed by atoms with Gasteiger partial charge in [0.15, 0.2) is 0 Å². The zero-order chi connectivity index (χ0) is 13.7. The summed E-state index contributed by atoms with van der Waals surface area (Å²) < 4.78 is 5.47. The summed E-state index contributed by atoms with van der Waals surface area (Å²) in [6.45, 7) is 5.88. The Kier molecular flexibility index (Phi) is 5.15. The first-order valence-electron chi connectivity index (χ1n) is 7.11. The average Bonchev–Trinajstić information content (AvgIpc) is 2.48. The molecular formula is C13H23N3O3. The first kappa shape index (κ1) is 14.3. The highest BCUT2D eigenvalue weighted by atomic mass is 16.5. The maximum atomic E-state index is 12.2. The molecule has 0 aromatic carbocycles. The van der Waals surface area contributed by atoms with Gasteiger partial charge in [-0.3, -0.25) is 9.59 Å². The predicted molar refractivity (Wildman–Crippen MR) is 70.6 cm³/mol. The predicted octanol–water partition coefficient (Wildman–Crippen LogP) is -0.650. The summed E-state index contributed by atoms with van der Waals surface area (Å²) in [6, 6.07) is 0.